The number of nitrogens with one attached hydrogen (secondary N) is 1. The first-order valence-electron chi connectivity index (χ1n) is 18.1. The number of hydrogen-bond acceptors (Lipinski definition) is 9. The molecule has 0 aromatic heterocycles. The summed E-state index contributed by atoms with van der Waals surface area (Å²) in [5.41, 5.74) is 3.29. The second-order valence-electron chi connectivity index (χ2n) is 13.1. The predicted octanol–water partition coefficient (Wildman–Crippen LogP) is 8.01. The van der Waals surface area contributed by atoms with Crippen LogP contribution >= 0.6 is 0 Å². The third-order valence-corrected chi connectivity index (χ3v) is 12.7. The Bertz CT molecular complexity index is 1790. The minimum absolute atomic E-state index is 0.328. The highest BCUT2D eigenvalue weighted by Crippen LogP contribution is 2.46. The van der Waals surface area contributed by atoms with Gasteiger partial charge in [0.1, 0.15) is 29.7 Å². The maximum Gasteiger partial charge on any atom is 0.407 e. The summed E-state index contributed by atoms with van der Waals surface area (Å²) < 4.78 is 41.3. The van der Waals surface area contributed by atoms with E-state index in [1.807, 2.05) is 62.4 Å². The van der Waals surface area contributed by atoms with E-state index >= 15 is 0 Å². The van der Waals surface area contributed by atoms with Crippen LogP contribution in [0.1, 0.15) is 48.9 Å². The van der Waals surface area contributed by atoms with Gasteiger partial charge in [0.2, 0.25) is 0 Å². The molecule has 0 saturated carbocycles. The van der Waals surface area contributed by atoms with Gasteiger partial charge in [-0.1, -0.05) is 30.3 Å². The minimum Gasteiger partial charge on any atom is -0.497 e. The lowest BCUT2D eigenvalue weighted by molar-refractivity contribution is 0.0845. The summed E-state index contributed by atoms with van der Waals surface area (Å²) in [4.78, 5) is 14.5. The Morgan fingerprint density at radius 3 is 2.12 bits per heavy atom. The van der Waals surface area contributed by atoms with E-state index in [0.29, 0.717) is 39.5 Å². The Morgan fingerprint density at radius 2 is 1.48 bits per heavy atom. The Kier molecular flexibility index (Phi) is 12.1. The zero-order valence-electron chi connectivity index (χ0n) is 30.9. The minimum atomic E-state index is -2.19. The number of hydrogen-bond donors (Lipinski definition) is 1. The first kappa shape index (κ1) is 37.2. The number of rotatable bonds is 16. The van der Waals surface area contributed by atoms with Crippen molar-refractivity contribution in [2.24, 2.45) is 0 Å². The normalized spacial score (nSPS) is 14.9. The molecular weight excluding hydrogens is 677 g/mol. The maximum absolute atomic E-state index is 12.3. The highest BCUT2D eigenvalue weighted by molar-refractivity contribution is 6.66. The van der Waals surface area contributed by atoms with Gasteiger partial charge in [-0.25, -0.2) is 4.79 Å². The molecule has 0 aliphatic carbocycles. The molecule has 4 aromatic rings. The van der Waals surface area contributed by atoms with E-state index in [-0.39, 0.29) is 0 Å². The second kappa shape index (κ2) is 16.9. The van der Waals surface area contributed by atoms with Gasteiger partial charge in [0, 0.05) is 55.1 Å². The van der Waals surface area contributed by atoms with Gasteiger partial charge in [-0.2, -0.15) is 0 Å². The van der Waals surface area contributed by atoms with Gasteiger partial charge in [-0.15, -0.1) is 0 Å². The quantitative estimate of drug-likeness (QED) is 0.0910. The predicted molar refractivity (Wildman–Crippen MR) is 205 cm³/mol. The topological polar surface area (TPSA) is 97.0 Å². The van der Waals surface area contributed by atoms with Crippen molar-refractivity contribution >= 4 is 31.5 Å². The number of nitrogens with zero attached hydrogens (tertiary/aromatic N) is 1. The highest BCUT2D eigenvalue weighted by Gasteiger charge is 2.38. The summed E-state index contributed by atoms with van der Waals surface area (Å²) in [6.07, 6.45) is 5.39. The van der Waals surface area contributed by atoms with Gasteiger partial charge < -0.3 is 37.9 Å². The first-order chi connectivity index (χ1) is 25.3. The molecule has 6 rings (SSSR count). The molecule has 2 aliphatic heterocycles. The zero-order chi connectivity index (χ0) is 36.6. The van der Waals surface area contributed by atoms with Gasteiger partial charge in [0.25, 0.3) is 0 Å². The molecule has 0 bridgehead atoms. The number of benzene rings is 4. The number of carbonyl (C=O) groups is 1. The van der Waals surface area contributed by atoms with Crippen LogP contribution < -0.4 is 24.3 Å². The summed E-state index contributed by atoms with van der Waals surface area (Å²) in [6.45, 7) is 10.1. The van der Waals surface area contributed by atoms with Crippen molar-refractivity contribution in [2.75, 3.05) is 53.9 Å². The number of carbonyl (C=O) groups excluding carboxylic acids is 1. The Morgan fingerprint density at radius 1 is 0.846 bits per heavy atom. The largest absolute Gasteiger partial charge is 0.497 e. The van der Waals surface area contributed by atoms with Crippen LogP contribution in [0.3, 0.4) is 0 Å². The second-order valence-corrected chi connectivity index (χ2v) is 16.4. The molecule has 0 radical (unpaired) electrons. The van der Waals surface area contributed by atoms with Crippen LogP contribution in [-0.4, -0.2) is 73.4 Å². The molecular formula is C41H50N2O8Si. The van der Waals surface area contributed by atoms with Crippen LogP contribution in [0.15, 0.2) is 78.9 Å². The lowest BCUT2D eigenvalue weighted by Crippen LogP contribution is -2.39. The molecule has 0 fully saturated rings. The van der Waals surface area contributed by atoms with Crippen molar-refractivity contribution in [2.45, 2.75) is 51.4 Å². The third-order valence-electron chi connectivity index (χ3n) is 9.68. The van der Waals surface area contributed by atoms with Gasteiger partial charge in [0.15, 0.2) is 5.60 Å². The van der Waals surface area contributed by atoms with E-state index in [2.05, 4.69) is 53.2 Å². The lowest BCUT2D eigenvalue weighted by Gasteiger charge is -2.37. The number of methoxy groups -OCH3 is 2. The fourth-order valence-electron chi connectivity index (χ4n) is 7.05. The highest BCUT2D eigenvalue weighted by atomic mass is 28.4. The summed E-state index contributed by atoms with van der Waals surface area (Å²) in [6, 6.07) is 25.2. The van der Waals surface area contributed by atoms with Crippen molar-refractivity contribution < 1.29 is 37.3 Å². The zero-order valence-corrected chi connectivity index (χ0v) is 31.9. The molecule has 1 N–H and O–H groups in total. The van der Waals surface area contributed by atoms with E-state index in [9.17, 15) is 4.79 Å². The molecule has 2 aliphatic rings. The SMILES string of the molecule is CCO[Si](C)(CCCNC(=O)OCCCN1COc2ccc3c4c(ccc3c2C1)OC(c1ccc(OC)cc1)(c1ccc(OC)cc1)C=C4)OCC. The van der Waals surface area contributed by atoms with Gasteiger partial charge in [-0.05, 0) is 105 Å². The molecule has 276 valence electrons. The molecule has 2 heterocycles. The van der Waals surface area contributed by atoms with Crippen molar-refractivity contribution in [3.05, 3.63) is 101 Å². The number of ether oxygens (including phenoxy) is 5. The van der Waals surface area contributed by atoms with E-state index in [0.717, 1.165) is 81.6 Å². The summed E-state index contributed by atoms with van der Waals surface area (Å²) in [7, 11) is 1.15. The van der Waals surface area contributed by atoms with Crippen LogP contribution in [0, 0.1) is 0 Å². The van der Waals surface area contributed by atoms with Crippen molar-refractivity contribution in [1.82, 2.24) is 10.2 Å². The van der Waals surface area contributed by atoms with Gasteiger partial charge in [0.05, 0.1) is 20.8 Å². The summed E-state index contributed by atoms with van der Waals surface area (Å²) in [5, 5.41) is 5.08. The molecule has 1 amide bonds. The molecule has 10 nitrogen and oxygen atoms in total. The van der Waals surface area contributed by atoms with Crippen molar-refractivity contribution in [1.29, 1.82) is 0 Å². The summed E-state index contributed by atoms with van der Waals surface area (Å²) in [5.74, 6) is 3.25. The van der Waals surface area contributed by atoms with Crippen LogP contribution in [-0.2, 0) is 25.7 Å². The van der Waals surface area contributed by atoms with E-state index in [4.69, 9.17) is 32.5 Å². The fourth-order valence-corrected chi connectivity index (χ4v) is 9.46. The number of amides is 1. The van der Waals surface area contributed by atoms with Gasteiger partial charge >= 0.3 is 14.7 Å². The average Bonchev–Trinajstić information content (AvgIpc) is 3.18. The van der Waals surface area contributed by atoms with Crippen molar-refractivity contribution in [3.63, 3.8) is 0 Å². The van der Waals surface area contributed by atoms with Gasteiger partial charge in [-0.3, -0.25) is 4.90 Å². The molecule has 11 heteroatoms. The van der Waals surface area contributed by atoms with Crippen LogP contribution in [0.25, 0.3) is 16.8 Å². The average molecular weight is 727 g/mol. The molecule has 0 unspecified atom stereocenters. The third kappa shape index (κ3) is 8.23. The van der Waals surface area contributed by atoms with E-state index < -0.39 is 20.3 Å². The van der Waals surface area contributed by atoms with E-state index in [1.54, 1.807) is 14.2 Å². The lowest BCUT2D eigenvalue weighted by atomic mass is 9.83. The van der Waals surface area contributed by atoms with E-state index in [1.165, 1.54) is 0 Å². The first-order valence-corrected chi connectivity index (χ1v) is 20.6. The smallest absolute Gasteiger partial charge is 0.407 e. The standard InChI is InChI=1S/C41H50N2O8Si/c1-6-49-52(5,50-7-2)27-8-24-42-40(44)47-26-9-25-43-28-37-35-19-21-39-36(34(35)18-20-38(37)48-29-43)22-23-41(51-39,30-10-14-32(45-3)15-11-30)31-12-16-33(46-4)17-13-31/h10-23H,6-9,24-29H2,1-5H3,(H,42,44). The monoisotopic (exact) mass is 726 g/mol. The molecule has 0 spiro atoms. The number of fused-ring (bicyclic) bond motifs is 5. The van der Waals surface area contributed by atoms with Crippen LogP contribution in [0.5, 0.6) is 23.0 Å². The molecule has 4 aromatic carbocycles. The molecule has 52 heavy (non-hydrogen) atoms. The van der Waals surface area contributed by atoms with Crippen molar-refractivity contribution in [3.8, 4) is 23.0 Å². The van der Waals surface area contributed by atoms with Crippen LogP contribution in [0.4, 0.5) is 4.79 Å². The molecule has 0 saturated heterocycles. The fraction of sp³-hybridized carbons (Fsp3) is 0.390. The molecule has 0 atom stereocenters. The maximum atomic E-state index is 12.3. The Hall–Kier alpha value is -4.55. The number of alkyl carbamates (subject to hydrolysis) is 1. The van der Waals surface area contributed by atoms with Crippen LogP contribution in [0.2, 0.25) is 12.6 Å². The summed E-state index contributed by atoms with van der Waals surface area (Å²) >= 11 is 0. The Balaban J connectivity index is 1.10. The Labute approximate surface area is 307 Å².